The second-order valence-electron chi connectivity index (χ2n) is 8.98. The molecule has 1 saturated heterocycles. The Morgan fingerprint density at radius 2 is 1.85 bits per heavy atom. The van der Waals surface area contributed by atoms with Crippen LogP contribution in [0.1, 0.15) is 34.6 Å². The number of fused-ring (bicyclic) bond motifs is 5. The highest BCUT2D eigenvalue weighted by atomic mass is 16.2. The summed E-state index contributed by atoms with van der Waals surface area (Å²) in [5.41, 5.74) is 10.4. The summed E-state index contributed by atoms with van der Waals surface area (Å²) in [5, 5.41) is 0. The summed E-state index contributed by atoms with van der Waals surface area (Å²) >= 11 is 0. The Labute approximate surface area is 190 Å². The molecule has 0 bridgehead atoms. The van der Waals surface area contributed by atoms with Crippen LogP contribution in [0.3, 0.4) is 0 Å². The molecule has 2 aromatic carbocycles. The van der Waals surface area contributed by atoms with Crippen molar-refractivity contribution in [1.29, 1.82) is 0 Å². The van der Waals surface area contributed by atoms with E-state index in [0.717, 1.165) is 28.1 Å². The molecule has 2 N–H and O–H groups in total. The number of hydrogen-bond donors (Lipinski definition) is 1. The highest BCUT2D eigenvalue weighted by Crippen LogP contribution is 2.47. The average molecular weight is 441 g/mol. The van der Waals surface area contributed by atoms with Gasteiger partial charge in [0.15, 0.2) is 0 Å². The van der Waals surface area contributed by atoms with Crippen LogP contribution in [0.2, 0.25) is 0 Å². The van der Waals surface area contributed by atoms with Gasteiger partial charge in [-0.25, -0.2) is 9.97 Å². The molecule has 1 spiro atoms. The quantitative estimate of drug-likeness (QED) is 0.491. The second kappa shape index (κ2) is 6.78. The Hall–Kier alpha value is -3.94. The van der Waals surface area contributed by atoms with Crippen LogP contribution in [0.5, 0.6) is 0 Å². The van der Waals surface area contributed by atoms with Crippen LogP contribution in [-0.4, -0.2) is 51.2 Å². The molecule has 4 aromatic rings. The highest BCUT2D eigenvalue weighted by molar-refractivity contribution is 6.08. The summed E-state index contributed by atoms with van der Waals surface area (Å²) in [4.78, 5) is 39.0. The third-order valence-corrected chi connectivity index (χ3v) is 7.30. The number of rotatable bonds is 1. The van der Waals surface area contributed by atoms with Gasteiger partial charge in [-0.1, -0.05) is 18.2 Å². The molecule has 0 aliphatic carbocycles. The molecule has 33 heavy (non-hydrogen) atoms. The normalized spacial score (nSPS) is 17.3. The summed E-state index contributed by atoms with van der Waals surface area (Å²) in [6, 6.07) is 13.5. The first kappa shape index (κ1) is 19.7. The van der Waals surface area contributed by atoms with Gasteiger partial charge in [-0.2, -0.15) is 0 Å². The molecule has 0 unspecified atom stereocenters. The number of carbonyl (C=O) groups excluding carboxylic acids is 2. The minimum Gasteiger partial charge on any atom is -0.382 e. The van der Waals surface area contributed by atoms with Gasteiger partial charge in [-0.15, -0.1) is 0 Å². The fourth-order valence-corrected chi connectivity index (χ4v) is 5.52. The smallest absolute Gasteiger partial charge is 0.253 e. The van der Waals surface area contributed by atoms with Gasteiger partial charge in [-0.05, 0) is 49.6 Å². The molecular weight excluding hydrogens is 416 g/mol. The number of aromatic nitrogens is 3. The lowest BCUT2D eigenvalue weighted by Gasteiger charge is -2.38. The number of nitrogens with two attached hydrogens (primary N) is 1. The Balaban J connectivity index is 1.32. The number of nitrogens with zero attached hydrogens (tertiary/aromatic N) is 5. The second-order valence-corrected chi connectivity index (χ2v) is 8.98. The average Bonchev–Trinajstić information content (AvgIpc) is 3.33. The largest absolute Gasteiger partial charge is 0.382 e. The molecule has 2 aliphatic heterocycles. The number of imidazole rings is 1. The number of nitrogen functional groups attached to an aromatic ring is 1. The van der Waals surface area contributed by atoms with Crippen molar-refractivity contribution in [3.8, 4) is 0 Å². The number of hydrogen-bond acceptors (Lipinski definition) is 5. The molecule has 166 valence electrons. The van der Waals surface area contributed by atoms with E-state index in [9.17, 15) is 9.59 Å². The number of anilines is 2. The van der Waals surface area contributed by atoms with E-state index in [1.165, 1.54) is 0 Å². The maximum Gasteiger partial charge on any atom is 0.253 e. The lowest BCUT2D eigenvalue weighted by Crippen LogP contribution is -2.49. The Morgan fingerprint density at radius 1 is 1.09 bits per heavy atom. The van der Waals surface area contributed by atoms with E-state index in [1.807, 2.05) is 53.6 Å². The summed E-state index contributed by atoms with van der Waals surface area (Å²) in [7, 11) is 1.84. The monoisotopic (exact) mass is 440 g/mol. The molecule has 8 heteroatoms. The zero-order valence-electron chi connectivity index (χ0n) is 18.6. The van der Waals surface area contributed by atoms with Gasteiger partial charge in [0.1, 0.15) is 17.2 Å². The van der Waals surface area contributed by atoms with Gasteiger partial charge in [0.05, 0.1) is 22.6 Å². The topological polar surface area (TPSA) is 96.8 Å². The number of aryl methyl sites for hydroxylation is 1. The highest BCUT2D eigenvalue weighted by Gasteiger charge is 2.51. The van der Waals surface area contributed by atoms with E-state index in [-0.39, 0.29) is 11.8 Å². The summed E-state index contributed by atoms with van der Waals surface area (Å²) < 4.78 is 1.93. The molecular formula is C25H24N6O2. The molecule has 1 fully saturated rings. The number of benzene rings is 2. The van der Waals surface area contributed by atoms with Gasteiger partial charge < -0.3 is 15.5 Å². The van der Waals surface area contributed by atoms with E-state index in [1.54, 1.807) is 17.2 Å². The third kappa shape index (κ3) is 2.63. The van der Waals surface area contributed by atoms with Crippen molar-refractivity contribution in [2.24, 2.45) is 0 Å². The predicted molar refractivity (Wildman–Crippen MR) is 126 cm³/mol. The Kier molecular flexibility index (Phi) is 4.05. The van der Waals surface area contributed by atoms with Crippen molar-refractivity contribution in [3.63, 3.8) is 0 Å². The van der Waals surface area contributed by atoms with Crippen molar-refractivity contribution < 1.29 is 9.59 Å². The molecule has 0 radical (unpaired) electrons. The number of likely N-dealkylation sites (N-methyl/N-ethyl adjacent to an activating group) is 1. The lowest BCUT2D eigenvalue weighted by molar-refractivity contribution is -0.124. The van der Waals surface area contributed by atoms with Crippen LogP contribution < -0.4 is 10.6 Å². The van der Waals surface area contributed by atoms with Crippen molar-refractivity contribution >= 4 is 39.9 Å². The maximum absolute atomic E-state index is 13.4. The fraction of sp³-hybridized carbons (Fsp3) is 0.280. The lowest BCUT2D eigenvalue weighted by atomic mass is 9.73. The zero-order chi connectivity index (χ0) is 22.9. The number of piperidine rings is 1. The van der Waals surface area contributed by atoms with Crippen molar-refractivity contribution in [2.75, 3.05) is 30.8 Å². The Bertz CT molecular complexity index is 1460. The van der Waals surface area contributed by atoms with E-state index < -0.39 is 5.41 Å². The molecule has 6 rings (SSSR count). The van der Waals surface area contributed by atoms with Crippen molar-refractivity contribution in [3.05, 3.63) is 65.6 Å². The van der Waals surface area contributed by atoms with Gasteiger partial charge in [0, 0.05) is 31.4 Å². The van der Waals surface area contributed by atoms with Crippen LogP contribution in [-0.2, 0) is 10.2 Å². The minimum absolute atomic E-state index is 0.0402. The Morgan fingerprint density at radius 3 is 2.64 bits per heavy atom. The first-order valence-electron chi connectivity index (χ1n) is 11.1. The van der Waals surface area contributed by atoms with Crippen LogP contribution in [0, 0.1) is 6.92 Å². The molecule has 4 heterocycles. The van der Waals surface area contributed by atoms with E-state index in [2.05, 4.69) is 16.0 Å². The van der Waals surface area contributed by atoms with E-state index >= 15 is 0 Å². The van der Waals surface area contributed by atoms with Crippen molar-refractivity contribution in [1.82, 2.24) is 19.3 Å². The standard InChI is InChI=1S/C25H24N6O2/c1-15-27-14-21-22(26)28-18-8-7-16(13-20(18)31(15)21)23(32)30-11-9-25(10-12-30)17-5-3-4-6-19(17)29(2)24(25)33/h3-8,13-14H,9-12H2,1-2H3,(H2,26,28). The SMILES string of the molecule is Cc1ncc2c(N)nc3ccc(C(=O)N4CCC5(CC4)C(=O)N(C)c4ccccc45)cc3n12. The van der Waals surface area contributed by atoms with Gasteiger partial charge in [-0.3, -0.25) is 14.0 Å². The van der Waals surface area contributed by atoms with Crippen LogP contribution in [0.15, 0.2) is 48.7 Å². The van der Waals surface area contributed by atoms with Gasteiger partial charge in [0.2, 0.25) is 5.91 Å². The third-order valence-electron chi connectivity index (χ3n) is 7.30. The molecule has 2 aromatic heterocycles. The summed E-state index contributed by atoms with van der Waals surface area (Å²) in [5.74, 6) is 1.29. The van der Waals surface area contributed by atoms with E-state index in [4.69, 9.17) is 5.73 Å². The molecule has 2 amide bonds. The first-order chi connectivity index (χ1) is 15.9. The summed E-state index contributed by atoms with van der Waals surface area (Å²) in [6.07, 6.45) is 2.94. The number of para-hydroxylation sites is 1. The number of carbonyl (C=O) groups is 2. The van der Waals surface area contributed by atoms with Gasteiger partial charge >= 0.3 is 0 Å². The van der Waals surface area contributed by atoms with Crippen LogP contribution >= 0.6 is 0 Å². The van der Waals surface area contributed by atoms with E-state index in [0.29, 0.717) is 42.8 Å². The number of likely N-dealkylation sites (tertiary alicyclic amines) is 1. The van der Waals surface area contributed by atoms with Gasteiger partial charge in [0.25, 0.3) is 5.91 Å². The summed E-state index contributed by atoms with van der Waals surface area (Å²) in [6.45, 7) is 2.96. The predicted octanol–water partition coefficient (Wildman–Crippen LogP) is 2.92. The zero-order valence-corrected chi connectivity index (χ0v) is 18.6. The molecule has 0 atom stereocenters. The fourth-order valence-electron chi connectivity index (χ4n) is 5.52. The van der Waals surface area contributed by atoms with Crippen molar-refractivity contribution in [2.45, 2.75) is 25.2 Å². The maximum atomic E-state index is 13.4. The molecule has 0 saturated carbocycles. The minimum atomic E-state index is -0.535. The van der Waals surface area contributed by atoms with Crippen LogP contribution in [0.4, 0.5) is 11.5 Å². The first-order valence-corrected chi connectivity index (χ1v) is 11.1. The molecule has 8 nitrogen and oxygen atoms in total. The van der Waals surface area contributed by atoms with Crippen LogP contribution in [0.25, 0.3) is 16.6 Å². The molecule has 2 aliphatic rings. The number of amides is 2.